The minimum Gasteiger partial charge on any atom is -0.377 e. The van der Waals surface area contributed by atoms with Gasteiger partial charge in [-0.15, -0.1) is 12.4 Å². The molecule has 1 amide bonds. The highest BCUT2D eigenvalue weighted by Gasteiger charge is 2.16. The number of nitrogens with one attached hydrogen (secondary N) is 1. The summed E-state index contributed by atoms with van der Waals surface area (Å²) < 4.78 is 18.3. The molecule has 1 atom stereocenters. The van der Waals surface area contributed by atoms with E-state index >= 15 is 0 Å². The van der Waals surface area contributed by atoms with Crippen molar-refractivity contribution < 1.29 is 13.9 Å². The van der Waals surface area contributed by atoms with Crippen LogP contribution in [0.2, 0.25) is 0 Å². The fourth-order valence-electron chi connectivity index (χ4n) is 2.23. The van der Waals surface area contributed by atoms with Gasteiger partial charge in [0.05, 0.1) is 12.6 Å². The standard InChI is InChI=1S/C15H21FN2O2.ClH/c1-18(11-12-4-6-13(16)7-5-12)15(19)10-17-9-14-3-2-8-20-14;/h4-7,14,17H,2-3,8-11H2,1H3;1H. The highest BCUT2D eigenvalue weighted by atomic mass is 35.5. The number of likely N-dealkylation sites (N-methyl/N-ethyl adjacent to an activating group) is 1. The lowest BCUT2D eigenvalue weighted by Gasteiger charge is -2.18. The molecule has 1 aromatic carbocycles. The number of carbonyl (C=O) groups excluding carboxylic acids is 1. The Morgan fingerprint density at radius 1 is 1.43 bits per heavy atom. The maximum absolute atomic E-state index is 12.8. The van der Waals surface area contributed by atoms with Gasteiger partial charge in [-0.05, 0) is 30.5 Å². The summed E-state index contributed by atoms with van der Waals surface area (Å²) in [7, 11) is 1.75. The quantitative estimate of drug-likeness (QED) is 0.872. The van der Waals surface area contributed by atoms with Crippen molar-refractivity contribution in [3.63, 3.8) is 0 Å². The first-order valence-corrected chi connectivity index (χ1v) is 6.96. The number of hydrogen-bond donors (Lipinski definition) is 1. The lowest BCUT2D eigenvalue weighted by atomic mass is 10.2. The highest BCUT2D eigenvalue weighted by Crippen LogP contribution is 2.10. The first-order chi connectivity index (χ1) is 9.65. The van der Waals surface area contributed by atoms with E-state index in [-0.39, 0.29) is 30.2 Å². The average Bonchev–Trinajstić information content (AvgIpc) is 2.94. The van der Waals surface area contributed by atoms with E-state index in [1.165, 1.54) is 12.1 Å². The molecule has 1 fully saturated rings. The van der Waals surface area contributed by atoms with E-state index in [4.69, 9.17) is 4.74 Å². The van der Waals surface area contributed by atoms with Gasteiger partial charge in [-0.1, -0.05) is 12.1 Å². The van der Waals surface area contributed by atoms with Crippen LogP contribution in [0, 0.1) is 5.82 Å². The van der Waals surface area contributed by atoms with E-state index < -0.39 is 0 Å². The molecule has 1 N–H and O–H groups in total. The van der Waals surface area contributed by atoms with Crippen molar-refractivity contribution in [2.75, 3.05) is 26.7 Å². The largest absolute Gasteiger partial charge is 0.377 e. The van der Waals surface area contributed by atoms with Crippen LogP contribution in [0.15, 0.2) is 24.3 Å². The average molecular weight is 317 g/mol. The summed E-state index contributed by atoms with van der Waals surface area (Å²) >= 11 is 0. The molecule has 1 aliphatic heterocycles. The van der Waals surface area contributed by atoms with E-state index in [0.29, 0.717) is 13.1 Å². The van der Waals surface area contributed by atoms with Crippen LogP contribution in [0.25, 0.3) is 0 Å². The van der Waals surface area contributed by atoms with Crippen molar-refractivity contribution in [3.05, 3.63) is 35.6 Å². The van der Waals surface area contributed by atoms with E-state index in [2.05, 4.69) is 5.32 Å². The third-order valence-electron chi connectivity index (χ3n) is 3.43. The fraction of sp³-hybridized carbons (Fsp3) is 0.533. The molecular formula is C15H22ClFN2O2. The number of carbonyl (C=O) groups is 1. The molecule has 1 aliphatic rings. The van der Waals surface area contributed by atoms with Crippen LogP contribution in [0.1, 0.15) is 18.4 Å². The zero-order valence-corrected chi connectivity index (χ0v) is 13.0. The third kappa shape index (κ3) is 5.99. The monoisotopic (exact) mass is 316 g/mol. The van der Waals surface area contributed by atoms with E-state index in [9.17, 15) is 9.18 Å². The zero-order valence-electron chi connectivity index (χ0n) is 12.2. The molecule has 0 spiro atoms. The predicted molar refractivity (Wildman–Crippen MR) is 82.0 cm³/mol. The summed E-state index contributed by atoms with van der Waals surface area (Å²) in [5.41, 5.74) is 0.918. The van der Waals surface area contributed by atoms with Gasteiger partial charge in [0.25, 0.3) is 0 Å². The van der Waals surface area contributed by atoms with Gasteiger partial charge in [0.1, 0.15) is 5.82 Å². The number of rotatable bonds is 6. The van der Waals surface area contributed by atoms with E-state index in [0.717, 1.165) is 31.6 Å². The highest BCUT2D eigenvalue weighted by molar-refractivity contribution is 5.85. The van der Waals surface area contributed by atoms with Gasteiger partial charge >= 0.3 is 0 Å². The van der Waals surface area contributed by atoms with Crippen molar-refractivity contribution in [1.82, 2.24) is 10.2 Å². The van der Waals surface area contributed by atoms with Gasteiger partial charge in [-0.25, -0.2) is 4.39 Å². The number of amides is 1. The Morgan fingerprint density at radius 3 is 2.76 bits per heavy atom. The number of hydrogen-bond acceptors (Lipinski definition) is 3. The maximum atomic E-state index is 12.8. The zero-order chi connectivity index (χ0) is 14.4. The second-order valence-corrected chi connectivity index (χ2v) is 5.14. The molecule has 1 heterocycles. The van der Waals surface area contributed by atoms with Crippen LogP contribution >= 0.6 is 12.4 Å². The molecule has 0 aliphatic carbocycles. The molecule has 4 nitrogen and oxygen atoms in total. The summed E-state index contributed by atoms with van der Waals surface area (Å²) in [5, 5.41) is 3.13. The molecule has 1 unspecified atom stereocenters. The molecule has 1 aromatic rings. The van der Waals surface area contributed by atoms with Gasteiger partial charge in [0.15, 0.2) is 0 Å². The Kier molecular flexibility index (Phi) is 7.64. The van der Waals surface area contributed by atoms with Crippen molar-refractivity contribution in [3.8, 4) is 0 Å². The lowest BCUT2D eigenvalue weighted by Crippen LogP contribution is -2.38. The number of halogens is 2. The molecule has 118 valence electrons. The van der Waals surface area contributed by atoms with Crippen molar-refractivity contribution in [2.24, 2.45) is 0 Å². The number of ether oxygens (including phenoxy) is 1. The normalized spacial score (nSPS) is 17.3. The first-order valence-electron chi connectivity index (χ1n) is 6.96. The van der Waals surface area contributed by atoms with Crippen LogP contribution in [0.4, 0.5) is 4.39 Å². The van der Waals surface area contributed by atoms with Gasteiger partial charge in [0.2, 0.25) is 5.91 Å². The first kappa shape index (κ1) is 17.9. The van der Waals surface area contributed by atoms with Crippen LogP contribution in [0.5, 0.6) is 0 Å². The molecule has 1 saturated heterocycles. The third-order valence-corrected chi connectivity index (χ3v) is 3.43. The lowest BCUT2D eigenvalue weighted by molar-refractivity contribution is -0.129. The molecule has 0 aromatic heterocycles. The van der Waals surface area contributed by atoms with Crippen molar-refractivity contribution >= 4 is 18.3 Å². The summed E-state index contributed by atoms with van der Waals surface area (Å²) in [6, 6.07) is 6.20. The molecule has 0 bridgehead atoms. The second kappa shape index (κ2) is 8.97. The Bertz CT molecular complexity index is 436. The Balaban J connectivity index is 0.00000220. The van der Waals surface area contributed by atoms with Gasteiger partial charge in [-0.2, -0.15) is 0 Å². The van der Waals surface area contributed by atoms with Crippen molar-refractivity contribution in [2.45, 2.75) is 25.5 Å². The number of nitrogens with zero attached hydrogens (tertiary/aromatic N) is 1. The Hall–Kier alpha value is -1.17. The van der Waals surface area contributed by atoms with Gasteiger partial charge < -0.3 is 15.0 Å². The van der Waals surface area contributed by atoms with Crippen molar-refractivity contribution in [1.29, 1.82) is 0 Å². The maximum Gasteiger partial charge on any atom is 0.236 e. The van der Waals surface area contributed by atoms with Gasteiger partial charge in [-0.3, -0.25) is 4.79 Å². The topological polar surface area (TPSA) is 41.6 Å². The second-order valence-electron chi connectivity index (χ2n) is 5.14. The van der Waals surface area contributed by atoms with Crippen LogP contribution in [-0.4, -0.2) is 43.7 Å². The van der Waals surface area contributed by atoms with Crippen LogP contribution in [0.3, 0.4) is 0 Å². The fourth-order valence-corrected chi connectivity index (χ4v) is 2.23. The summed E-state index contributed by atoms with van der Waals surface area (Å²) in [6.07, 6.45) is 2.40. The molecule has 6 heteroatoms. The Labute approximate surface area is 131 Å². The minimum atomic E-state index is -0.263. The molecule has 0 radical (unpaired) electrons. The predicted octanol–water partition coefficient (Wildman–Crippen LogP) is 1.97. The minimum absolute atomic E-state index is 0. The van der Waals surface area contributed by atoms with Crippen LogP contribution < -0.4 is 5.32 Å². The van der Waals surface area contributed by atoms with Crippen LogP contribution in [-0.2, 0) is 16.1 Å². The summed E-state index contributed by atoms with van der Waals surface area (Å²) in [5.74, 6) is -0.242. The van der Waals surface area contributed by atoms with Gasteiger partial charge in [0, 0.05) is 26.7 Å². The summed E-state index contributed by atoms with van der Waals surface area (Å²) in [4.78, 5) is 13.6. The molecule has 0 saturated carbocycles. The molecular weight excluding hydrogens is 295 g/mol. The SMILES string of the molecule is CN(Cc1ccc(F)cc1)C(=O)CNCC1CCCO1.Cl. The van der Waals surface area contributed by atoms with E-state index in [1.807, 2.05) is 0 Å². The smallest absolute Gasteiger partial charge is 0.236 e. The molecule has 2 rings (SSSR count). The number of benzene rings is 1. The molecule has 21 heavy (non-hydrogen) atoms. The summed E-state index contributed by atoms with van der Waals surface area (Å²) in [6.45, 7) is 2.33. The Morgan fingerprint density at radius 2 is 2.14 bits per heavy atom. The van der Waals surface area contributed by atoms with E-state index in [1.54, 1.807) is 24.1 Å².